The Hall–Kier alpha value is -2.24. The number of sulfonamides is 1. The number of primary sulfonamides is 1. The molecular formula is C10H9N5O2S. The zero-order chi connectivity index (χ0) is 13.3. The Morgan fingerprint density at radius 2 is 1.89 bits per heavy atom. The van der Waals surface area contributed by atoms with Gasteiger partial charge in [-0.05, 0) is 24.3 Å². The van der Waals surface area contributed by atoms with E-state index in [-0.39, 0.29) is 5.16 Å². The smallest absolute Gasteiger partial charge is 0.273 e. The predicted octanol–water partition coefficient (Wildman–Crippen LogP) is 0.00118. The molecule has 1 heterocycles. The molecule has 2 aromatic rings. The molecule has 0 aliphatic heterocycles. The molecule has 8 heteroatoms. The van der Waals surface area contributed by atoms with Crippen LogP contribution in [0.25, 0.3) is 11.4 Å². The van der Waals surface area contributed by atoms with Crippen LogP contribution in [0.15, 0.2) is 29.4 Å². The summed E-state index contributed by atoms with van der Waals surface area (Å²) < 4.78 is 23.7. The molecule has 0 bridgehead atoms. The largest absolute Gasteiger partial charge is 0.300 e. The van der Waals surface area contributed by atoms with Gasteiger partial charge in [-0.1, -0.05) is 0 Å². The highest BCUT2D eigenvalue weighted by Gasteiger charge is 2.19. The van der Waals surface area contributed by atoms with E-state index in [1.54, 1.807) is 24.3 Å². The fraction of sp³-hybridized carbons (Fsp3) is 0.100. The standard InChI is InChI=1S/C10H9N5O2S/c1-15-9(13-14-10(15)18(12,16)17)8-4-2-7(6-11)3-5-8/h2-5H,1H3,(H2,12,16,17). The van der Waals surface area contributed by atoms with Crippen molar-refractivity contribution >= 4 is 10.0 Å². The van der Waals surface area contributed by atoms with Crippen LogP contribution in [0, 0.1) is 11.3 Å². The van der Waals surface area contributed by atoms with Gasteiger partial charge in [0.1, 0.15) is 0 Å². The van der Waals surface area contributed by atoms with Gasteiger partial charge in [0.15, 0.2) is 5.82 Å². The maximum Gasteiger partial charge on any atom is 0.273 e. The number of nitriles is 1. The summed E-state index contributed by atoms with van der Waals surface area (Å²) in [4.78, 5) is 0. The molecule has 1 aromatic carbocycles. The Bertz CT molecular complexity index is 725. The average Bonchev–Trinajstić information content (AvgIpc) is 2.71. The molecule has 18 heavy (non-hydrogen) atoms. The van der Waals surface area contributed by atoms with Crippen LogP contribution < -0.4 is 5.14 Å². The number of benzene rings is 1. The highest BCUT2D eigenvalue weighted by atomic mass is 32.2. The number of hydrogen-bond acceptors (Lipinski definition) is 5. The molecule has 0 fully saturated rings. The van der Waals surface area contributed by atoms with Gasteiger partial charge in [0.05, 0.1) is 11.6 Å². The molecular weight excluding hydrogens is 254 g/mol. The van der Waals surface area contributed by atoms with Gasteiger partial charge in [0.25, 0.3) is 15.2 Å². The third-order valence-electron chi connectivity index (χ3n) is 2.36. The lowest BCUT2D eigenvalue weighted by molar-refractivity contribution is 0.580. The van der Waals surface area contributed by atoms with E-state index < -0.39 is 10.0 Å². The second-order valence-electron chi connectivity index (χ2n) is 3.60. The summed E-state index contributed by atoms with van der Waals surface area (Å²) in [6, 6.07) is 8.54. The maximum atomic E-state index is 11.2. The van der Waals surface area contributed by atoms with Crippen LogP contribution in [0.2, 0.25) is 0 Å². The quantitative estimate of drug-likeness (QED) is 0.819. The van der Waals surface area contributed by atoms with Crippen LogP contribution in [-0.4, -0.2) is 23.2 Å². The fourth-order valence-corrected chi connectivity index (χ4v) is 2.13. The van der Waals surface area contributed by atoms with Gasteiger partial charge in [-0.2, -0.15) is 5.26 Å². The van der Waals surface area contributed by atoms with E-state index in [9.17, 15) is 8.42 Å². The minimum absolute atomic E-state index is 0.304. The second kappa shape index (κ2) is 4.21. The molecule has 0 radical (unpaired) electrons. The van der Waals surface area contributed by atoms with Gasteiger partial charge >= 0.3 is 0 Å². The summed E-state index contributed by atoms with van der Waals surface area (Å²) in [6.45, 7) is 0. The first-order valence-corrected chi connectivity index (χ1v) is 6.41. The second-order valence-corrected chi connectivity index (χ2v) is 5.05. The summed E-state index contributed by atoms with van der Waals surface area (Å²) in [6.07, 6.45) is 0. The van der Waals surface area contributed by atoms with Gasteiger partial charge in [-0.3, -0.25) is 4.57 Å². The molecule has 2 rings (SSSR count). The molecule has 7 nitrogen and oxygen atoms in total. The molecule has 1 aromatic heterocycles. The predicted molar refractivity (Wildman–Crippen MR) is 62.5 cm³/mol. The van der Waals surface area contributed by atoms with E-state index in [0.29, 0.717) is 17.0 Å². The van der Waals surface area contributed by atoms with Crippen molar-refractivity contribution in [2.45, 2.75) is 5.16 Å². The first-order valence-electron chi connectivity index (χ1n) is 4.86. The van der Waals surface area contributed by atoms with E-state index in [4.69, 9.17) is 10.4 Å². The first-order chi connectivity index (χ1) is 8.43. The molecule has 0 aliphatic carbocycles. The van der Waals surface area contributed by atoms with Crippen molar-refractivity contribution in [1.29, 1.82) is 5.26 Å². The lowest BCUT2D eigenvalue weighted by Crippen LogP contribution is -2.17. The highest BCUT2D eigenvalue weighted by Crippen LogP contribution is 2.18. The number of nitrogens with two attached hydrogens (primary N) is 1. The van der Waals surface area contributed by atoms with E-state index >= 15 is 0 Å². The van der Waals surface area contributed by atoms with Crippen LogP contribution in [0.3, 0.4) is 0 Å². The lowest BCUT2D eigenvalue weighted by Gasteiger charge is -2.02. The number of rotatable bonds is 2. The average molecular weight is 263 g/mol. The third kappa shape index (κ3) is 2.09. The minimum Gasteiger partial charge on any atom is -0.300 e. The maximum absolute atomic E-state index is 11.2. The van der Waals surface area contributed by atoms with Gasteiger partial charge < -0.3 is 0 Å². The number of aromatic nitrogens is 3. The molecule has 0 saturated heterocycles. The molecule has 0 atom stereocenters. The minimum atomic E-state index is -3.90. The third-order valence-corrected chi connectivity index (χ3v) is 3.23. The Morgan fingerprint density at radius 3 is 2.33 bits per heavy atom. The van der Waals surface area contributed by atoms with Crippen molar-refractivity contribution in [2.24, 2.45) is 12.2 Å². The summed E-state index contributed by atoms with van der Waals surface area (Å²) in [5.74, 6) is 0.364. The molecule has 0 amide bonds. The van der Waals surface area contributed by atoms with Crippen molar-refractivity contribution in [1.82, 2.24) is 14.8 Å². The van der Waals surface area contributed by atoms with Crippen LogP contribution in [0.4, 0.5) is 0 Å². The van der Waals surface area contributed by atoms with Crippen LogP contribution >= 0.6 is 0 Å². The van der Waals surface area contributed by atoms with E-state index in [1.165, 1.54) is 11.6 Å². The molecule has 0 saturated carbocycles. The monoisotopic (exact) mass is 263 g/mol. The Morgan fingerprint density at radius 1 is 1.28 bits per heavy atom. The first kappa shape index (κ1) is 12.2. The van der Waals surface area contributed by atoms with Crippen molar-refractivity contribution in [3.05, 3.63) is 29.8 Å². The van der Waals surface area contributed by atoms with E-state index in [0.717, 1.165) is 0 Å². The molecule has 92 valence electrons. The van der Waals surface area contributed by atoms with E-state index in [1.807, 2.05) is 6.07 Å². The van der Waals surface area contributed by atoms with Crippen LogP contribution in [0.5, 0.6) is 0 Å². The van der Waals surface area contributed by atoms with Crippen molar-refractivity contribution in [3.8, 4) is 17.5 Å². The normalized spacial score (nSPS) is 11.2. The van der Waals surface area contributed by atoms with Gasteiger partial charge in [0.2, 0.25) is 0 Å². The van der Waals surface area contributed by atoms with Gasteiger partial charge in [-0.15, -0.1) is 10.2 Å². The number of nitrogens with zero attached hydrogens (tertiary/aromatic N) is 4. The van der Waals surface area contributed by atoms with Crippen LogP contribution in [0.1, 0.15) is 5.56 Å². The Balaban J connectivity index is 2.53. The van der Waals surface area contributed by atoms with E-state index in [2.05, 4.69) is 10.2 Å². The molecule has 0 spiro atoms. The molecule has 0 unspecified atom stereocenters. The fourth-order valence-electron chi connectivity index (χ4n) is 1.51. The lowest BCUT2D eigenvalue weighted by atomic mass is 10.1. The highest BCUT2D eigenvalue weighted by molar-refractivity contribution is 7.89. The zero-order valence-electron chi connectivity index (χ0n) is 9.40. The van der Waals surface area contributed by atoms with Crippen molar-refractivity contribution in [2.75, 3.05) is 0 Å². The summed E-state index contributed by atoms with van der Waals surface area (Å²) in [5.41, 5.74) is 1.16. The van der Waals surface area contributed by atoms with Crippen molar-refractivity contribution < 1.29 is 8.42 Å². The SMILES string of the molecule is Cn1c(-c2ccc(C#N)cc2)nnc1S(N)(=O)=O. The Kier molecular flexibility index (Phi) is 2.86. The van der Waals surface area contributed by atoms with Crippen molar-refractivity contribution in [3.63, 3.8) is 0 Å². The van der Waals surface area contributed by atoms with Gasteiger partial charge in [0, 0.05) is 12.6 Å². The summed E-state index contributed by atoms with van der Waals surface area (Å²) in [7, 11) is -2.39. The van der Waals surface area contributed by atoms with Crippen LogP contribution in [-0.2, 0) is 17.1 Å². The Labute approximate surface area is 104 Å². The number of hydrogen-bond donors (Lipinski definition) is 1. The topological polar surface area (TPSA) is 115 Å². The van der Waals surface area contributed by atoms with Gasteiger partial charge in [-0.25, -0.2) is 13.6 Å². The summed E-state index contributed by atoms with van der Waals surface area (Å²) in [5, 5.41) is 20.7. The summed E-state index contributed by atoms with van der Waals surface area (Å²) >= 11 is 0. The molecule has 2 N–H and O–H groups in total. The molecule has 0 aliphatic rings. The zero-order valence-corrected chi connectivity index (χ0v) is 10.2.